The minimum atomic E-state index is -1.26. The maximum atomic E-state index is 11.5. The monoisotopic (exact) mass is 243 g/mol. The number of hydrogen-bond acceptors (Lipinski definition) is 1. The molecule has 0 bridgehead atoms. The average Bonchev–Trinajstić information content (AvgIpc) is 2.23. The summed E-state index contributed by atoms with van der Waals surface area (Å²) in [5.74, 6) is -0.300. The van der Waals surface area contributed by atoms with Gasteiger partial charge in [-0.3, -0.25) is 4.79 Å². The molecule has 0 unspecified atom stereocenters. The van der Waals surface area contributed by atoms with E-state index in [9.17, 15) is 4.79 Å². The zero-order chi connectivity index (χ0) is 10.9. The van der Waals surface area contributed by atoms with Gasteiger partial charge in [-0.2, -0.15) is 0 Å². The smallest absolute Gasteiger partial charge is 0.256 e. The van der Waals surface area contributed by atoms with Crippen LogP contribution in [-0.4, -0.2) is 10.2 Å². The van der Waals surface area contributed by atoms with Gasteiger partial charge in [-0.05, 0) is 18.4 Å². The molecule has 0 radical (unpaired) electrons. The second kappa shape index (κ2) is 4.03. The maximum absolute atomic E-state index is 11.5. The molecule has 1 amide bonds. The number of halogens is 2. The Bertz CT molecular complexity index is 364. The van der Waals surface area contributed by atoms with E-state index in [1.807, 2.05) is 30.3 Å². The fourth-order valence-electron chi connectivity index (χ4n) is 1.71. The standard InChI is InChI=1S/C11H11Cl2NO/c12-11(13)7-6-9(14-10(11)15)8-4-2-1-3-5-8/h1-5,9H,6-7H2,(H,14,15)/t9-/m0/s1. The van der Waals surface area contributed by atoms with Crippen LogP contribution in [0.1, 0.15) is 24.4 Å². The number of rotatable bonds is 1. The zero-order valence-electron chi connectivity index (χ0n) is 8.04. The van der Waals surface area contributed by atoms with Crippen molar-refractivity contribution in [3.05, 3.63) is 35.9 Å². The number of carbonyl (C=O) groups excluding carboxylic acids is 1. The summed E-state index contributed by atoms with van der Waals surface area (Å²) in [5.41, 5.74) is 1.09. The molecule has 0 aliphatic carbocycles. The van der Waals surface area contributed by atoms with Crippen molar-refractivity contribution in [3.63, 3.8) is 0 Å². The Kier molecular flexibility index (Phi) is 2.89. The van der Waals surface area contributed by atoms with Crippen molar-refractivity contribution >= 4 is 29.1 Å². The molecule has 1 heterocycles. The normalized spacial score (nSPS) is 24.7. The first kappa shape index (κ1) is 10.8. The molecule has 1 aliphatic rings. The van der Waals surface area contributed by atoms with Gasteiger partial charge in [-0.15, -0.1) is 0 Å². The van der Waals surface area contributed by atoms with E-state index in [2.05, 4.69) is 5.32 Å². The number of amides is 1. The summed E-state index contributed by atoms with van der Waals surface area (Å²) in [6.45, 7) is 0. The molecule has 4 heteroatoms. The molecule has 1 aromatic rings. The molecule has 0 spiro atoms. The number of hydrogen-bond donors (Lipinski definition) is 1. The minimum absolute atomic E-state index is 0.0318. The van der Waals surface area contributed by atoms with Crippen LogP contribution in [0.5, 0.6) is 0 Å². The first-order valence-corrected chi connectivity index (χ1v) is 5.59. The van der Waals surface area contributed by atoms with E-state index in [0.29, 0.717) is 6.42 Å². The fourth-order valence-corrected chi connectivity index (χ4v) is 2.04. The number of nitrogens with one attached hydrogen (secondary N) is 1. The molecular formula is C11H11Cl2NO. The summed E-state index contributed by atoms with van der Waals surface area (Å²) in [7, 11) is 0. The van der Waals surface area contributed by atoms with E-state index in [4.69, 9.17) is 23.2 Å². The quantitative estimate of drug-likeness (QED) is 0.756. The lowest BCUT2D eigenvalue weighted by Gasteiger charge is -2.31. The van der Waals surface area contributed by atoms with Crippen LogP contribution in [0.4, 0.5) is 0 Å². The van der Waals surface area contributed by atoms with E-state index in [-0.39, 0.29) is 11.9 Å². The Labute approximate surface area is 98.6 Å². The number of alkyl halides is 2. The highest BCUT2D eigenvalue weighted by Gasteiger charge is 2.39. The second-order valence-corrected chi connectivity index (χ2v) is 5.16. The predicted molar refractivity (Wildman–Crippen MR) is 61.0 cm³/mol. The topological polar surface area (TPSA) is 29.1 Å². The van der Waals surface area contributed by atoms with Crippen LogP contribution >= 0.6 is 23.2 Å². The first-order valence-electron chi connectivity index (χ1n) is 4.83. The van der Waals surface area contributed by atoms with Gasteiger partial charge in [0.1, 0.15) is 0 Å². The summed E-state index contributed by atoms with van der Waals surface area (Å²) < 4.78 is -1.26. The van der Waals surface area contributed by atoms with Crippen LogP contribution in [0, 0.1) is 0 Å². The SMILES string of the molecule is O=C1N[C@H](c2ccccc2)CCC1(Cl)Cl. The van der Waals surface area contributed by atoms with E-state index in [1.54, 1.807) is 0 Å². The van der Waals surface area contributed by atoms with Crippen molar-refractivity contribution < 1.29 is 4.79 Å². The molecular weight excluding hydrogens is 233 g/mol. The van der Waals surface area contributed by atoms with Gasteiger partial charge >= 0.3 is 0 Å². The number of carbonyl (C=O) groups is 1. The molecule has 1 saturated heterocycles. The van der Waals surface area contributed by atoms with Crippen molar-refractivity contribution in [1.82, 2.24) is 5.32 Å². The molecule has 1 atom stereocenters. The maximum Gasteiger partial charge on any atom is 0.256 e. The van der Waals surface area contributed by atoms with E-state index in [0.717, 1.165) is 12.0 Å². The van der Waals surface area contributed by atoms with Crippen LogP contribution in [0.15, 0.2) is 30.3 Å². The third kappa shape index (κ3) is 2.27. The van der Waals surface area contributed by atoms with Crippen molar-refractivity contribution in [2.24, 2.45) is 0 Å². The lowest BCUT2D eigenvalue weighted by atomic mass is 9.97. The molecule has 1 aromatic carbocycles. The van der Waals surface area contributed by atoms with Crippen LogP contribution in [0.2, 0.25) is 0 Å². The van der Waals surface area contributed by atoms with Crippen molar-refractivity contribution in [3.8, 4) is 0 Å². The summed E-state index contributed by atoms with van der Waals surface area (Å²) >= 11 is 11.7. The third-order valence-electron chi connectivity index (χ3n) is 2.59. The van der Waals surface area contributed by atoms with E-state index >= 15 is 0 Å². The highest BCUT2D eigenvalue weighted by Crippen LogP contribution is 2.35. The molecule has 2 nitrogen and oxygen atoms in total. The fraction of sp³-hybridized carbons (Fsp3) is 0.364. The molecule has 2 rings (SSSR count). The van der Waals surface area contributed by atoms with Crippen LogP contribution in [-0.2, 0) is 4.79 Å². The van der Waals surface area contributed by atoms with Gasteiger partial charge < -0.3 is 5.32 Å². The van der Waals surface area contributed by atoms with E-state index < -0.39 is 4.33 Å². The van der Waals surface area contributed by atoms with Crippen molar-refractivity contribution in [2.45, 2.75) is 23.2 Å². The number of benzene rings is 1. The highest BCUT2D eigenvalue weighted by molar-refractivity contribution is 6.58. The second-order valence-electron chi connectivity index (χ2n) is 3.68. The lowest BCUT2D eigenvalue weighted by Crippen LogP contribution is -2.45. The lowest BCUT2D eigenvalue weighted by molar-refractivity contribution is -0.124. The van der Waals surface area contributed by atoms with Crippen LogP contribution in [0.25, 0.3) is 0 Å². The van der Waals surface area contributed by atoms with Gasteiger partial charge in [-0.1, -0.05) is 53.5 Å². The summed E-state index contributed by atoms with van der Waals surface area (Å²) in [6, 6.07) is 9.85. The van der Waals surface area contributed by atoms with Gasteiger partial charge in [-0.25, -0.2) is 0 Å². The highest BCUT2D eigenvalue weighted by atomic mass is 35.5. The van der Waals surface area contributed by atoms with Gasteiger partial charge in [0.2, 0.25) is 0 Å². The van der Waals surface area contributed by atoms with Gasteiger partial charge in [0.05, 0.1) is 6.04 Å². The summed E-state index contributed by atoms with van der Waals surface area (Å²) in [5, 5.41) is 2.82. The van der Waals surface area contributed by atoms with Crippen LogP contribution < -0.4 is 5.32 Å². The van der Waals surface area contributed by atoms with Gasteiger partial charge in [0, 0.05) is 0 Å². The summed E-state index contributed by atoms with van der Waals surface area (Å²) in [4.78, 5) is 11.5. The molecule has 1 aliphatic heterocycles. The van der Waals surface area contributed by atoms with Gasteiger partial charge in [0.15, 0.2) is 4.33 Å². The molecule has 1 fully saturated rings. The molecule has 0 aromatic heterocycles. The Hall–Kier alpha value is -0.730. The Morgan fingerprint density at radius 3 is 2.53 bits per heavy atom. The minimum Gasteiger partial charge on any atom is -0.347 e. The zero-order valence-corrected chi connectivity index (χ0v) is 9.55. The molecule has 80 valence electrons. The molecule has 0 saturated carbocycles. The Morgan fingerprint density at radius 2 is 1.93 bits per heavy atom. The van der Waals surface area contributed by atoms with Crippen molar-refractivity contribution in [2.75, 3.05) is 0 Å². The third-order valence-corrected chi connectivity index (χ3v) is 3.31. The van der Waals surface area contributed by atoms with Gasteiger partial charge in [0.25, 0.3) is 5.91 Å². The number of piperidine rings is 1. The Balaban J connectivity index is 2.13. The molecule has 1 N–H and O–H groups in total. The average molecular weight is 244 g/mol. The largest absolute Gasteiger partial charge is 0.347 e. The first-order chi connectivity index (χ1) is 7.09. The molecule has 15 heavy (non-hydrogen) atoms. The Morgan fingerprint density at radius 1 is 1.27 bits per heavy atom. The van der Waals surface area contributed by atoms with Crippen LogP contribution in [0.3, 0.4) is 0 Å². The van der Waals surface area contributed by atoms with E-state index in [1.165, 1.54) is 0 Å². The van der Waals surface area contributed by atoms with Crippen molar-refractivity contribution in [1.29, 1.82) is 0 Å². The predicted octanol–water partition coefficient (Wildman–Crippen LogP) is 2.81. The summed E-state index contributed by atoms with van der Waals surface area (Å²) in [6.07, 6.45) is 1.25.